The van der Waals surface area contributed by atoms with Crippen LogP contribution < -0.4 is 5.32 Å². The van der Waals surface area contributed by atoms with Crippen LogP contribution in [0.5, 0.6) is 0 Å². The first-order valence-corrected chi connectivity index (χ1v) is 8.89. The number of anilines is 1. The van der Waals surface area contributed by atoms with Crippen LogP contribution in [-0.4, -0.2) is 26.3 Å². The van der Waals surface area contributed by atoms with E-state index < -0.39 is 0 Å². The molecule has 0 unspecified atom stereocenters. The van der Waals surface area contributed by atoms with Crippen molar-refractivity contribution < 1.29 is 4.39 Å². The molecule has 0 aliphatic carbocycles. The highest BCUT2D eigenvalue weighted by atomic mass is 32.2. The number of nitrogens with one attached hydrogen (secondary N) is 1. The van der Waals surface area contributed by atoms with Gasteiger partial charge in [-0.2, -0.15) is 9.78 Å². The Morgan fingerprint density at radius 2 is 1.92 bits per heavy atom. The van der Waals surface area contributed by atoms with E-state index in [9.17, 15) is 4.39 Å². The Morgan fingerprint density at radius 1 is 1.12 bits per heavy atom. The fourth-order valence-electron chi connectivity index (χ4n) is 2.61. The van der Waals surface area contributed by atoms with Crippen molar-refractivity contribution in [2.75, 3.05) is 11.1 Å². The maximum absolute atomic E-state index is 13.1. The lowest BCUT2D eigenvalue weighted by Gasteiger charge is -2.14. The number of benzene rings is 2. The zero-order valence-electron chi connectivity index (χ0n) is 13.6. The number of halogens is 1. The summed E-state index contributed by atoms with van der Waals surface area (Å²) in [4.78, 5) is 0. The fraction of sp³-hybridized carbons (Fsp3) is 0.167. The molecule has 4 rings (SSSR count). The predicted octanol–water partition coefficient (Wildman–Crippen LogP) is 3.70. The molecule has 0 radical (unpaired) electrons. The topological polar surface area (TPSA) is 55.1 Å². The van der Waals surface area contributed by atoms with E-state index in [0.29, 0.717) is 12.3 Å². The molecule has 0 amide bonds. The molecule has 1 aliphatic rings. The van der Waals surface area contributed by atoms with Crippen LogP contribution in [0.15, 0.2) is 58.8 Å². The smallest absolute Gasteiger partial charge is 0.212 e. The Labute approximate surface area is 149 Å². The monoisotopic (exact) mass is 353 g/mol. The van der Waals surface area contributed by atoms with E-state index in [0.717, 1.165) is 27.9 Å². The second-order valence-corrected chi connectivity index (χ2v) is 6.66. The molecule has 126 valence electrons. The van der Waals surface area contributed by atoms with E-state index in [-0.39, 0.29) is 5.82 Å². The number of para-hydroxylation sites is 1. The maximum Gasteiger partial charge on any atom is 0.212 e. The zero-order chi connectivity index (χ0) is 17.2. The van der Waals surface area contributed by atoms with Crippen molar-refractivity contribution in [3.63, 3.8) is 0 Å². The van der Waals surface area contributed by atoms with Gasteiger partial charge in [0.25, 0.3) is 0 Å². The number of fused-ring (bicyclic) bond motifs is 1. The van der Waals surface area contributed by atoms with Gasteiger partial charge in [-0.3, -0.25) is 0 Å². The largest absolute Gasteiger partial charge is 0.377 e. The summed E-state index contributed by atoms with van der Waals surface area (Å²) >= 11 is 1.58. The average molecular weight is 353 g/mol. The van der Waals surface area contributed by atoms with Crippen LogP contribution in [0.25, 0.3) is 0 Å². The third-order valence-electron chi connectivity index (χ3n) is 3.99. The SMILES string of the molecule is Cc1ccccc1NCc1nnc2n1N=C(c1ccc(F)cc1)CS2. The first-order valence-electron chi connectivity index (χ1n) is 7.91. The minimum atomic E-state index is -0.249. The molecular weight excluding hydrogens is 337 g/mol. The summed E-state index contributed by atoms with van der Waals surface area (Å²) in [5.41, 5.74) is 4.03. The number of rotatable bonds is 4. The third-order valence-corrected chi connectivity index (χ3v) is 4.93. The lowest BCUT2D eigenvalue weighted by molar-refractivity contribution is 0.627. The quantitative estimate of drug-likeness (QED) is 0.777. The molecule has 0 spiro atoms. The summed E-state index contributed by atoms with van der Waals surface area (Å²) in [5, 5.41) is 17.3. The number of thioether (sulfide) groups is 1. The van der Waals surface area contributed by atoms with E-state index >= 15 is 0 Å². The van der Waals surface area contributed by atoms with Crippen LogP contribution in [0.1, 0.15) is 17.0 Å². The number of aromatic nitrogens is 3. The number of hydrogen-bond donors (Lipinski definition) is 1. The number of aryl methyl sites for hydroxylation is 1. The third kappa shape index (κ3) is 3.28. The summed E-state index contributed by atoms with van der Waals surface area (Å²) < 4.78 is 14.9. The van der Waals surface area contributed by atoms with Gasteiger partial charge in [0.2, 0.25) is 5.16 Å². The zero-order valence-corrected chi connectivity index (χ0v) is 14.4. The average Bonchev–Trinajstić information content (AvgIpc) is 3.04. The van der Waals surface area contributed by atoms with Gasteiger partial charge >= 0.3 is 0 Å². The molecule has 0 saturated heterocycles. The Morgan fingerprint density at radius 3 is 2.72 bits per heavy atom. The van der Waals surface area contributed by atoms with Crippen LogP contribution in [0.2, 0.25) is 0 Å². The molecule has 7 heteroatoms. The van der Waals surface area contributed by atoms with Gasteiger partial charge in [0.05, 0.1) is 12.3 Å². The highest BCUT2D eigenvalue weighted by Crippen LogP contribution is 2.24. The van der Waals surface area contributed by atoms with Crippen molar-refractivity contribution >= 4 is 23.2 Å². The molecule has 0 saturated carbocycles. The van der Waals surface area contributed by atoms with Crippen LogP contribution in [0.4, 0.5) is 10.1 Å². The Hall–Kier alpha value is -2.67. The maximum atomic E-state index is 13.1. The van der Waals surface area contributed by atoms with Crippen LogP contribution in [0, 0.1) is 12.7 Å². The standard InChI is InChI=1S/C18H16FN5S/c1-12-4-2-3-5-15(12)20-10-17-21-22-18-24(17)23-16(11-25-18)13-6-8-14(19)9-7-13/h2-9,20H,10-11H2,1H3. The van der Waals surface area contributed by atoms with Gasteiger partial charge in [-0.15, -0.1) is 10.2 Å². The second-order valence-electron chi connectivity index (χ2n) is 5.72. The van der Waals surface area contributed by atoms with E-state index in [2.05, 4.69) is 33.6 Å². The Bertz CT molecular complexity index is 933. The Kier molecular flexibility index (Phi) is 4.23. The van der Waals surface area contributed by atoms with Crippen LogP contribution >= 0.6 is 11.8 Å². The van der Waals surface area contributed by atoms with Crippen molar-refractivity contribution in [2.24, 2.45) is 5.10 Å². The first-order chi connectivity index (χ1) is 12.2. The molecule has 3 aromatic rings. The normalized spacial score (nSPS) is 13.3. The summed E-state index contributed by atoms with van der Waals surface area (Å²) in [7, 11) is 0. The van der Waals surface area contributed by atoms with E-state index in [1.165, 1.54) is 17.7 Å². The Balaban J connectivity index is 1.59. The molecule has 1 N–H and O–H groups in total. The summed E-state index contributed by atoms with van der Waals surface area (Å²) in [6, 6.07) is 14.5. The van der Waals surface area contributed by atoms with Gasteiger partial charge in [-0.25, -0.2) is 4.39 Å². The summed E-state index contributed by atoms with van der Waals surface area (Å²) in [6.07, 6.45) is 0. The number of nitrogens with zero attached hydrogens (tertiary/aromatic N) is 4. The van der Waals surface area contributed by atoms with Crippen molar-refractivity contribution in [3.05, 3.63) is 71.3 Å². The molecule has 25 heavy (non-hydrogen) atoms. The number of hydrogen-bond acceptors (Lipinski definition) is 5. The van der Waals surface area contributed by atoms with Crippen molar-refractivity contribution in [2.45, 2.75) is 18.6 Å². The van der Waals surface area contributed by atoms with Crippen molar-refractivity contribution in [3.8, 4) is 0 Å². The van der Waals surface area contributed by atoms with Gasteiger partial charge in [0, 0.05) is 11.4 Å². The fourth-order valence-corrected chi connectivity index (χ4v) is 3.46. The van der Waals surface area contributed by atoms with Crippen LogP contribution in [0.3, 0.4) is 0 Å². The van der Waals surface area contributed by atoms with E-state index in [4.69, 9.17) is 0 Å². The minimum absolute atomic E-state index is 0.249. The van der Waals surface area contributed by atoms with Crippen molar-refractivity contribution in [1.82, 2.24) is 14.9 Å². The van der Waals surface area contributed by atoms with Gasteiger partial charge in [-0.05, 0) is 36.2 Å². The molecule has 0 bridgehead atoms. The van der Waals surface area contributed by atoms with E-state index in [1.807, 2.05) is 18.2 Å². The van der Waals surface area contributed by atoms with Crippen LogP contribution in [-0.2, 0) is 6.54 Å². The van der Waals surface area contributed by atoms with E-state index in [1.54, 1.807) is 28.6 Å². The van der Waals surface area contributed by atoms with Gasteiger partial charge in [0.1, 0.15) is 5.82 Å². The molecule has 0 atom stereocenters. The molecule has 1 aliphatic heterocycles. The highest BCUT2D eigenvalue weighted by Gasteiger charge is 2.19. The second kappa shape index (κ2) is 6.68. The molecule has 1 aromatic heterocycles. The molecule has 0 fully saturated rings. The van der Waals surface area contributed by atoms with Crippen molar-refractivity contribution in [1.29, 1.82) is 0 Å². The molecule has 2 aromatic carbocycles. The minimum Gasteiger partial charge on any atom is -0.377 e. The predicted molar refractivity (Wildman–Crippen MR) is 97.6 cm³/mol. The van der Waals surface area contributed by atoms with Gasteiger partial charge < -0.3 is 5.32 Å². The first kappa shape index (κ1) is 15.8. The lowest BCUT2D eigenvalue weighted by Crippen LogP contribution is -2.16. The molecule has 5 nitrogen and oxygen atoms in total. The summed E-state index contributed by atoms with van der Waals surface area (Å²) in [6.45, 7) is 2.58. The lowest BCUT2D eigenvalue weighted by atomic mass is 10.1. The summed E-state index contributed by atoms with van der Waals surface area (Å²) in [5.74, 6) is 1.18. The molecule has 2 heterocycles. The highest BCUT2D eigenvalue weighted by molar-refractivity contribution is 7.99. The molecular formula is C18H16FN5S. The van der Waals surface area contributed by atoms with Gasteiger partial charge in [0.15, 0.2) is 5.82 Å². The van der Waals surface area contributed by atoms with Gasteiger partial charge in [-0.1, -0.05) is 42.1 Å².